The zero-order valence-corrected chi connectivity index (χ0v) is 14.4. The zero-order chi connectivity index (χ0) is 17.3. The van der Waals surface area contributed by atoms with Gasteiger partial charge in [-0.3, -0.25) is 4.79 Å². The summed E-state index contributed by atoms with van der Waals surface area (Å²) in [4.78, 5) is 12.8. The van der Waals surface area contributed by atoms with Gasteiger partial charge in [-0.1, -0.05) is 48.5 Å². The lowest BCUT2D eigenvalue weighted by molar-refractivity contribution is -0.120. The third-order valence-electron chi connectivity index (χ3n) is 3.42. The summed E-state index contributed by atoms with van der Waals surface area (Å²) in [6, 6.07) is 21.4. The topological polar surface area (TPSA) is 50.7 Å². The molecule has 3 aromatic rings. The molecule has 0 radical (unpaired) electrons. The molecular formula is C20H18N2O2S. The van der Waals surface area contributed by atoms with Gasteiger partial charge in [-0.05, 0) is 34.7 Å². The zero-order valence-electron chi connectivity index (χ0n) is 13.6. The molecule has 3 rings (SSSR count). The Balaban J connectivity index is 1.51. The molecule has 2 aromatic carbocycles. The van der Waals surface area contributed by atoms with Crippen molar-refractivity contribution in [2.75, 3.05) is 0 Å². The fraction of sp³-hybridized carbons (Fsp3) is 0.100. The van der Waals surface area contributed by atoms with Gasteiger partial charge < -0.3 is 4.74 Å². The van der Waals surface area contributed by atoms with Gasteiger partial charge >= 0.3 is 0 Å². The molecule has 0 unspecified atom stereocenters. The molecular weight excluding hydrogens is 332 g/mol. The van der Waals surface area contributed by atoms with Gasteiger partial charge in [0.1, 0.15) is 12.4 Å². The first kappa shape index (κ1) is 16.9. The number of carbonyl (C=O) groups excluding carboxylic acids is 1. The van der Waals surface area contributed by atoms with E-state index >= 15 is 0 Å². The second kappa shape index (κ2) is 8.80. The fourth-order valence-electron chi connectivity index (χ4n) is 2.22. The van der Waals surface area contributed by atoms with Crippen LogP contribution in [-0.4, -0.2) is 12.1 Å². The van der Waals surface area contributed by atoms with E-state index in [1.807, 2.05) is 72.1 Å². The van der Waals surface area contributed by atoms with Crippen molar-refractivity contribution in [2.45, 2.75) is 13.0 Å². The molecule has 0 aliphatic carbocycles. The number of thiophene rings is 1. The third kappa shape index (κ3) is 5.58. The highest BCUT2D eigenvalue weighted by Gasteiger charge is 2.02. The van der Waals surface area contributed by atoms with Gasteiger partial charge in [-0.2, -0.15) is 5.10 Å². The Kier molecular flexibility index (Phi) is 5.96. The van der Waals surface area contributed by atoms with Gasteiger partial charge in [0.2, 0.25) is 5.91 Å². The van der Waals surface area contributed by atoms with Crippen molar-refractivity contribution in [2.24, 2.45) is 5.10 Å². The van der Waals surface area contributed by atoms with E-state index in [1.165, 1.54) is 0 Å². The van der Waals surface area contributed by atoms with Gasteiger partial charge in [0.25, 0.3) is 0 Å². The van der Waals surface area contributed by atoms with E-state index in [0.29, 0.717) is 13.0 Å². The Bertz CT molecular complexity index is 830. The molecule has 0 atom stereocenters. The maximum atomic E-state index is 11.8. The molecule has 1 N–H and O–H groups in total. The summed E-state index contributed by atoms with van der Waals surface area (Å²) in [6.45, 7) is 0.513. The van der Waals surface area contributed by atoms with E-state index in [1.54, 1.807) is 17.6 Å². The predicted octanol–water partition coefficient (Wildman–Crippen LogP) is 4.02. The number of hydrazone groups is 1. The van der Waals surface area contributed by atoms with Crippen molar-refractivity contribution in [1.29, 1.82) is 0 Å². The minimum absolute atomic E-state index is 0.129. The van der Waals surface area contributed by atoms with Crippen LogP contribution in [0.15, 0.2) is 77.2 Å². The summed E-state index contributed by atoms with van der Waals surface area (Å²) in [5.74, 6) is 0.632. The molecule has 1 amide bonds. The van der Waals surface area contributed by atoms with E-state index in [9.17, 15) is 4.79 Å². The molecule has 5 heteroatoms. The van der Waals surface area contributed by atoms with Crippen molar-refractivity contribution in [3.05, 3.63) is 88.1 Å². The van der Waals surface area contributed by atoms with Crippen molar-refractivity contribution in [3.63, 3.8) is 0 Å². The summed E-state index contributed by atoms with van der Waals surface area (Å²) in [5.41, 5.74) is 4.52. The largest absolute Gasteiger partial charge is 0.489 e. The standard InChI is InChI=1S/C20H18N2O2S/c23-20(13-19-10-5-11-25-19)22-21-14-17-8-4-9-18(12-17)24-15-16-6-2-1-3-7-16/h1-12,14H,13,15H2,(H,22,23)/b21-14+. The number of carbonyl (C=O) groups is 1. The summed E-state index contributed by atoms with van der Waals surface area (Å²) in [7, 11) is 0. The van der Waals surface area contributed by atoms with Crippen LogP contribution in [0.5, 0.6) is 5.75 Å². The number of amides is 1. The van der Waals surface area contributed by atoms with E-state index in [2.05, 4.69) is 10.5 Å². The van der Waals surface area contributed by atoms with Gasteiger partial charge in [0, 0.05) is 4.88 Å². The van der Waals surface area contributed by atoms with Crippen LogP contribution in [0.3, 0.4) is 0 Å². The summed E-state index contributed by atoms with van der Waals surface area (Å²) < 4.78 is 5.78. The first-order valence-corrected chi connectivity index (χ1v) is 8.78. The van der Waals surface area contributed by atoms with Gasteiger partial charge in [-0.25, -0.2) is 5.43 Å². The van der Waals surface area contributed by atoms with Crippen LogP contribution in [0.25, 0.3) is 0 Å². The minimum atomic E-state index is -0.129. The normalized spacial score (nSPS) is 10.7. The van der Waals surface area contributed by atoms with E-state index in [-0.39, 0.29) is 5.91 Å². The third-order valence-corrected chi connectivity index (χ3v) is 4.30. The number of hydrogen-bond donors (Lipinski definition) is 1. The molecule has 0 saturated carbocycles. The monoisotopic (exact) mass is 350 g/mol. The summed E-state index contributed by atoms with van der Waals surface area (Å²) >= 11 is 1.56. The number of ether oxygens (including phenoxy) is 1. The lowest BCUT2D eigenvalue weighted by atomic mass is 10.2. The smallest absolute Gasteiger partial charge is 0.245 e. The molecule has 0 saturated heterocycles. The van der Waals surface area contributed by atoms with E-state index in [4.69, 9.17) is 4.74 Å². The number of rotatable bonds is 7. The fourth-order valence-corrected chi connectivity index (χ4v) is 2.92. The molecule has 4 nitrogen and oxygen atoms in total. The van der Waals surface area contributed by atoms with Crippen LogP contribution in [0, 0.1) is 0 Å². The van der Waals surface area contributed by atoms with Crippen LogP contribution in [-0.2, 0) is 17.8 Å². The Morgan fingerprint density at radius 2 is 1.96 bits per heavy atom. The Morgan fingerprint density at radius 1 is 1.08 bits per heavy atom. The number of nitrogens with zero attached hydrogens (tertiary/aromatic N) is 1. The maximum absolute atomic E-state index is 11.8. The predicted molar refractivity (Wildman–Crippen MR) is 101 cm³/mol. The second-order valence-corrected chi connectivity index (χ2v) is 6.43. The molecule has 0 fully saturated rings. The van der Waals surface area contributed by atoms with Crippen LogP contribution in [0.1, 0.15) is 16.0 Å². The first-order valence-electron chi connectivity index (χ1n) is 7.91. The second-order valence-electron chi connectivity index (χ2n) is 5.40. The van der Waals surface area contributed by atoms with Crippen molar-refractivity contribution < 1.29 is 9.53 Å². The highest BCUT2D eigenvalue weighted by molar-refractivity contribution is 7.10. The SMILES string of the molecule is O=C(Cc1cccs1)N/N=C/c1cccc(OCc2ccccc2)c1. The molecule has 25 heavy (non-hydrogen) atoms. The molecule has 0 aliphatic heterocycles. The minimum Gasteiger partial charge on any atom is -0.489 e. The average molecular weight is 350 g/mol. The van der Waals surface area contributed by atoms with Gasteiger partial charge in [0.05, 0.1) is 12.6 Å². The molecule has 0 aliphatic rings. The number of benzene rings is 2. The summed E-state index contributed by atoms with van der Waals surface area (Å²) in [6.07, 6.45) is 1.96. The average Bonchev–Trinajstić information content (AvgIpc) is 3.14. The highest BCUT2D eigenvalue weighted by Crippen LogP contribution is 2.14. The Morgan fingerprint density at radius 3 is 2.76 bits per heavy atom. The van der Waals surface area contributed by atoms with Crippen LogP contribution >= 0.6 is 11.3 Å². The molecule has 1 aromatic heterocycles. The summed E-state index contributed by atoms with van der Waals surface area (Å²) in [5, 5.41) is 5.96. The van der Waals surface area contributed by atoms with Gasteiger partial charge in [0.15, 0.2) is 0 Å². The molecule has 1 heterocycles. The van der Waals surface area contributed by atoms with Crippen LogP contribution in [0.2, 0.25) is 0 Å². The van der Waals surface area contributed by atoms with Crippen molar-refractivity contribution >= 4 is 23.5 Å². The van der Waals surface area contributed by atoms with Crippen LogP contribution in [0.4, 0.5) is 0 Å². The Hall–Kier alpha value is -2.92. The van der Waals surface area contributed by atoms with Crippen molar-refractivity contribution in [3.8, 4) is 5.75 Å². The number of hydrogen-bond acceptors (Lipinski definition) is 4. The first-order chi connectivity index (χ1) is 12.3. The quantitative estimate of drug-likeness (QED) is 0.517. The molecule has 0 spiro atoms. The van der Waals surface area contributed by atoms with E-state index < -0.39 is 0 Å². The maximum Gasteiger partial charge on any atom is 0.245 e. The van der Waals surface area contributed by atoms with Crippen LogP contribution < -0.4 is 10.2 Å². The molecule has 126 valence electrons. The lowest BCUT2D eigenvalue weighted by Gasteiger charge is -2.06. The number of nitrogens with one attached hydrogen (secondary N) is 1. The Labute approximate surface area is 150 Å². The highest BCUT2D eigenvalue weighted by atomic mass is 32.1. The van der Waals surface area contributed by atoms with Crippen molar-refractivity contribution in [1.82, 2.24) is 5.43 Å². The lowest BCUT2D eigenvalue weighted by Crippen LogP contribution is -2.19. The molecule has 0 bridgehead atoms. The van der Waals surface area contributed by atoms with E-state index in [0.717, 1.165) is 21.8 Å². The van der Waals surface area contributed by atoms with Gasteiger partial charge in [-0.15, -0.1) is 11.3 Å².